The van der Waals surface area contributed by atoms with Gasteiger partial charge >= 0.3 is 0 Å². The Hall–Kier alpha value is -2.45. The van der Waals surface area contributed by atoms with E-state index >= 15 is 0 Å². The number of carbonyl (C=O) groups is 1. The molecule has 1 aromatic heterocycles. The molecule has 0 bridgehead atoms. The summed E-state index contributed by atoms with van der Waals surface area (Å²) in [5.41, 5.74) is 3.14. The van der Waals surface area contributed by atoms with E-state index in [4.69, 9.17) is 27.7 Å². The summed E-state index contributed by atoms with van der Waals surface area (Å²) in [5.74, 6) is 1.75. The number of aromatic nitrogens is 2. The molecule has 7 nitrogen and oxygen atoms in total. The van der Waals surface area contributed by atoms with Crippen molar-refractivity contribution in [1.29, 1.82) is 0 Å². The summed E-state index contributed by atoms with van der Waals surface area (Å²) in [6, 6.07) is 13.8. The number of hydrogen-bond acceptors (Lipinski definition) is 6. The molecule has 3 heterocycles. The maximum Gasteiger partial charge on any atom is 0.241 e. The van der Waals surface area contributed by atoms with Crippen molar-refractivity contribution in [3.05, 3.63) is 69.5 Å². The van der Waals surface area contributed by atoms with Crippen molar-refractivity contribution < 1.29 is 9.32 Å². The second-order valence-electron chi connectivity index (χ2n) is 10.7. The monoisotopic (exact) mass is 555 g/mol. The highest BCUT2D eigenvalue weighted by molar-refractivity contribution is 6.36. The minimum absolute atomic E-state index is 0.0603. The van der Waals surface area contributed by atoms with Gasteiger partial charge in [-0.1, -0.05) is 59.5 Å². The van der Waals surface area contributed by atoms with Gasteiger partial charge in [-0.3, -0.25) is 14.6 Å². The number of amides is 1. The van der Waals surface area contributed by atoms with Crippen LogP contribution in [0.3, 0.4) is 0 Å². The molecular formula is C29H35Cl2N5O2. The highest BCUT2D eigenvalue weighted by atomic mass is 35.5. The molecule has 2 unspecified atom stereocenters. The molecule has 3 aromatic rings. The van der Waals surface area contributed by atoms with E-state index in [1.165, 1.54) is 31.5 Å². The first-order chi connectivity index (χ1) is 18.4. The number of piperidine rings is 2. The lowest BCUT2D eigenvalue weighted by atomic mass is 9.97. The number of halogens is 2. The third-order valence-electron chi connectivity index (χ3n) is 7.48. The Morgan fingerprint density at radius 3 is 2.63 bits per heavy atom. The van der Waals surface area contributed by atoms with Crippen molar-refractivity contribution >= 4 is 29.1 Å². The minimum Gasteiger partial charge on any atom is -0.352 e. The lowest BCUT2D eigenvalue weighted by molar-refractivity contribution is -0.127. The Balaban J connectivity index is 1.12. The third-order valence-corrected chi connectivity index (χ3v) is 8.03. The average molecular weight is 557 g/mol. The number of likely N-dealkylation sites (tertiary alicyclic amines) is 2. The highest BCUT2D eigenvalue weighted by Crippen LogP contribution is 2.29. The van der Waals surface area contributed by atoms with Crippen LogP contribution < -0.4 is 5.32 Å². The van der Waals surface area contributed by atoms with Gasteiger partial charge in [0.05, 0.1) is 17.5 Å². The van der Waals surface area contributed by atoms with Gasteiger partial charge in [0.1, 0.15) is 0 Å². The molecule has 1 amide bonds. The van der Waals surface area contributed by atoms with Crippen LogP contribution in [-0.4, -0.2) is 52.0 Å². The van der Waals surface area contributed by atoms with Gasteiger partial charge < -0.3 is 9.84 Å². The first kappa shape index (κ1) is 27.1. The summed E-state index contributed by atoms with van der Waals surface area (Å²) >= 11 is 12.3. The van der Waals surface area contributed by atoms with Gasteiger partial charge in [-0.25, -0.2) is 0 Å². The van der Waals surface area contributed by atoms with Crippen LogP contribution in [0, 0.1) is 11.8 Å². The third kappa shape index (κ3) is 7.14. The quantitative estimate of drug-likeness (QED) is 0.378. The Morgan fingerprint density at radius 1 is 1.03 bits per heavy atom. The minimum atomic E-state index is -0.0603. The maximum atomic E-state index is 13.0. The van der Waals surface area contributed by atoms with Crippen LogP contribution in [0.15, 0.2) is 47.0 Å². The van der Waals surface area contributed by atoms with Crippen molar-refractivity contribution in [3.8, 4) is 11.4 Å². The number of carbonyl (C=O) groups excluding carboxylic acids is 1. The van der Waals surface area contributed by atoms with Crippen molar-refractivity contribution in [3.63, 3.8) is 0 Å². The van der Waals surface area contributed by atoms with Crippen LogP contribution in [0.2, 0.25) is 10.0 Å². The highest BCUT2D eigenvalue weighted by Gasteiger charge is 2.27. The molecule has 2 atom stereocenters. The van der Waals surface area contributed by atoms with Gasteiger partial charge in [-0.2, -0.15) is 4.98 Å². The molecular weight excluding hydrogens is 521 g/mol. The molecule has 0 aliphatic carbocycles. The Kier molecular flexibility index (Phi) is 9.00. The van der Waals surface area contributed by atoms with Crippen LogP contribution in [0.4, 0.5) is 0 Å². The van der Waals surface area contributed by atoms with E-state index in [9.17, 15) is 4.79 Å². The number of benzene rings is 2. The standard InChI is InChI=1S/C29H35Cl2N5O2/c1-20-5-3-11-35(16-20)17-22-7-2-6-21(13-22)15-32-29(37)23-8-4-12-36(18-23)19-27-33-28(34-38-27)25-10-9-24(30)14-26(25)31/h2,6-7,9-10,13-14,20,23H,3-5,8,11-12,15-19H2,1H3,(H,32,37). The molecule has 202 valence electrons. The zero-order valence-corrected chi connectivity index (χ0v) is 23.3. The molecule has 2 aliphatic rings. The van der Waals surface area contributed by atoms with E-state index < -0.39 is 0 Å². The van der Waals surface area contributed by atoms with Gasteiger partial charge in [-0.15, -0.1) is 0 Å². The molecule has 1 N–H and O–H groups in total. The van der Waals surface area contributed by atoms with Gasteiger partial charge in [0.15, 0.2) is 0 Å². The zero-order valence-electron chi connectivity index (χ0n) is 21.8. The summed E-state index contributed by atoms with van der Waals surface area (Å²) in [6.45, 7) is 8.25. The van der Waals surface area contributed by atoms with Gasteiger partial charge in [0.25, 0.3) is 0 Å². The Labute approximate surface area is 234 Å². The number of hydrogen-bond donors (Lipinski definition) is 1. The fourth-order valence-electron chi connectivity index (χ4n) is 5.56. The predicted molar refractivity (Wildman–Crippen MR) is 150 cm³/mol. The number of nitrogens with one attached hydrogen (secondary N) is 1. The number of nitrogens with zero attached hydrogens (tertiary/aromatic N) is 4. The Morgan fingerprint density at radius 2 is 1.82 bits per heavy atom. The number of rotatable bonds is 8. The molecule has 5 rings (SSSR count). The summed E-state index contributed by atoms with van der Waals surface area (Å²) in [4.78, 5) is 22.3. The summed E-state index contributed by atoms with van der Waals surface area (Å²) in [7, 11) is 0. The summed E-state index contributed by atoms with van der Waals surface area (Å²) in [6.07, 6.45) is 4.44. The smallest absolute Gasteiger partial charge is 0.241 e. The van der Waals surface area contributed by atoms with E-state index in [0.717, 1.165) is 37.4 Å². The molecule has 0 spiro atoms. The fraction of sp³-hybridized carbons (Fsp3) is 0.483. The van der Waals surface area contributed by atoms with Crippen LogP contribution in [-0.2, 0) is 24.4 Å². The molecule has 2 saturated heterocycles. The largest absolute Gasteiger partial charge is 0.352 e. The first-order valence-corrected chi connectivity index (χ1v) is 14.3. The lowest BCUT2D eigenvalue weighted by Crippen LogP contribution is -2.42. The van der Waals surface area contributed by atoms with Crippen molar-refractivity contribution in [2.45, 2.75) is 52.2 Å². The lowest BCUT2D eigenvalue weighted by Gasteiger charge is -2.31. The van der Waals surface area contributed by atoms with E-state index in [1.54, 1.807) is 18.2 Å². The van der Waals surface area contributed by atoms with Gasteiger partial charge in [-0.05, 0) is 74.0 Å². The molecule has 2 aromatic carbocycles. The first-order valence-electron chi connectivity index (χ1n) is 13.5. The Bertz CT molecular complexity index is 1250. The van der Waals surface area contributed by atoms with Crippen molar-refractivity contribution in [2.75, 3.05) is 26.2 Å². The van der Waals surface area contributed by atoms with Crippen molar-refractivity contribution in [2.24, 2.45) is 11.8 Å². The second kappa shape index (κ2) is 12.6. The zero-order chi connectivity index (χ0) is 26.5. The van der Waals surface area contributed by atoms with E-state index in [2.05, 4.69) is 56.4 Å². The maximum absolute atomic E-state index is 13.0. The molecule has 0 radical (unpaired) electrons. The average Bonchev–Trinajstić information content (AvgIpc) is 3.35. The molecule has 38 heavy (non-hydrogen) atoms. The van der Waals surface area contributed by atoms with Crippen LogP contribution >= 0.6 is 23.2 Å². The summed E-state index contributed by atoms with van der Waals surface area (Å²) < 4.78 is 5.48. The van der Waals surface area contributed by atoms with E-state index in [1.807, 2.05) is 0 Å². The topological polar surface area (TPSA) is 74.5 Å². The van der Waals surface area contributed by atoms with Crippen LogP contribution in [0.5, 0.6) is 0 Å². The molecule has 2 aliphatic heterocycles. The second-order valence-corrected chi connectivity index (χ2v) is 11.6. The SMILES string of the molecule is CC1CCCN(Cc2cccc(CNC(=O)C3CCCN(Cc4nc(-c5ccc(Cl)cc5Cl)no4)C3)c2)C1. The molecule has 9 heteroatoms. The summed E-state index contributed by atoms with van der Waals surface area (Å²) in [5, 5.41) is 8.29. The van der Waals surface area contributed by atoms with Gasteiger partial charge in [0, 0.05) is 36.8 Å². The van der Waals surface area contributed by atoms with Crippen LogP contribution in [0.25, 0.3) is 11.4 Å². The van der Waals surface area contributed by atoms with Crippen molar-refractivity contribution in [1.82, 2.24) is 25.3 Å². The van der Waals surface area contributed by atoms with Gasteiger partial charge in [0.2, 0.25) is 17.6 Å². The van der Waals surface area contributed by atoms with E-state index in [-0.39, 0.29) is 11.8 Å². The van der Waals surface area contributed by atoms with E-state index in [0.29, 0.717) is 47.0 Å². The fourth-order valence-corrected chi connectivity index (χ4v) is 6.06. The molecule has 0 saturated carbocycles. The predicted octanol–water partition coefficient (Wildman–Crippen LogP) is 5.80. The molecule has 2 fully saturated rings. The van der Waals surface area contributed by atoms with Crippen LogP contribution in [0.1, 0.15) is 49.6 Å². The normalized spacial score (nSPS) is 20.9.